The summed E-state index contributed by atoms with van der Waals surface area (Å²) in [7, 11) is 0. The van der Waals surface area contributed by atoms with Crippen LogP contribution < -0.4 is 15.4 Å². The summed E-state index contributed by atoms with van der Waals surface area (Å²) in [6, 6.07) is 5.00. The van der Waals surface area contributed by atoms with Crippen LogP contribution in [-0.4, -0.2) is 22.8 Å². The molecule has 2 aromatic heterocycles. The Balaban J connectivity index is 1.43. The maximum Gasteiger partial charge on any atom is 0.320 e. The number of ether oxygens (including phenoxy) is 1. The summed E-state index contributed by atoms with van der Waals surface area (Å²) in [5.74, 6) is 2.35. The number of hydrogen-bond donors (Lipinski definition) is 2. The van der Waals surface area contributed by atoms with Gasteiger partial charge in [0, 0.05) is 24.9 Å². The monoisotopic (exact) mass is 302 g/mol. The standard InChI is InChI=1S/C15H18N4O3/c1-10-6-13(19-22-10)18-15(20)17-8-12-4-5-14(16-7-12)21-9-11-2-3-11/h4-7,11H,2-3,8-9H2,1H3,(H2,17,18,19,20). The minimum Gasteiger partial charge on any atom is -0.477 e. The molecule has 2 N–H and O–H groups in total. The van der Waals surface area contributed by atoms with Crippen molar-refractivity contribution in [2.75, 3.05) is 11.9 Å². The second kappa shape index (κ2) is 6.46. The van der Waals surface area contributed by atoms with E-state index in [1.165, 1.54) is 12.8 Å². The van der Waals surface area contributed by atoms with Crippen LogP contribution >= 0.6 is 0 Å². The fourth-order valence-corrected chi connectivity index (χ4v) is 1.86. The highest BCUT2D eigenvalue weighted by Crippen LogP contribution is 2.29. The van der Waals surface area contributed by atoms with Gasteiger partial charge in [-0.1, -0.05) is 11.2 Å². The summed E-state index contributed by atoms with van der Waals surface area (Å²) in [6.45, 7) is 2.87. The van der Waals surface area contributed by atoms with Crippen molar-refractivity contribution in [1.29, 1.82) is 0 Å². The molecule has 0 bridgehead atoms. The summed E-state index contributed by atoms with van der Waals surface area (Å²) in [5.41, 5.74) is 0.894. The van der Waals surface area contributed by atoms with Crippen molar-refractivity contribution in [3.8, 4) is 5.88 Å². The van der Waals surface area contributed by atoms with Crippen LogP contribution in [0.4, 0.5) is 10.6 Å². The van der Waals surface area contributed by atoms with Gasteiger partial charge in [0.25, 0.3) is 0 Å². The molecular formula is C15H18N4O3. The number of amides is 2. The van der Waals surface area contributed by atoms with Crippen molar-refractivity contribution in [3.63, 3.8) is 0 Å². The van der Waals surface area contributed by atoms with Gasteiger partial charge >= 0.3 is 6.03 Å². The Labute approximate surface area is 128 Å². The zero-order valence-electron chi connectivity index (χ0n) is 12.3. The molecule has 7 heteroatoms. The van der Waals surface area contributed by atoms with E-state index in [0.29, 0.717) is 29.9 Å². The first-order valence-corrected chi connectivity index (χ1v) is 7.25. The van der Waals surface area contributed by atoms with Crippen LogP contribution in [0, 0.1) is 12.8 Å². The number of nitrogens with one attached hydrogen (secondary N) is 2. The van der Waals surface area contributed by atoms with Crippen LogP contribution in [0.25, 0.3) is 0 Å². The third kappa shape index (κ3) is 4.21. The largest absolute Gasteiger partial charge is 0.477 e. The molecule has 2 aromatic rings. The fraction of sp³-hybridized carbons (Fsp3) is 0.400. The Morgan fingerprint density at radius 1 is 1.45 bits per heavy atom. The van der Waals surface area contributed by atoms with Crippen molar-refractivity contribution in [2.45, 2.75) is 26.3 Å². The van der Waals surface area contributed by atoms with Crippen LogP contribution in [0.3, 0.4) is 0 Å². The zero-order valence-corrected chi connectivity index (χ0v) is 12.3. The van der Waals surface area contributed by atoms with Gasteiger partial charge < -0.3 is 14.6 Å². The van der Waals surface area contributed by atoms with Gasteiger partial charge in [-0.2, -0.15) is 0 Å². The summed E-state index contributed by atoms with van der Waals surface area (Å²) >= 11 is 0. The smallest absolute Gasteiger partial charge is 0.320 e. The van der Waals surface area contributed by atoms with Gasteiger partial charge in [-0.05, 0) is 31.2 Å². The molecule has 0 spiro atoms. The third-order valence-corrected chi connectivity index (χ3v) is 3.28. The van der Waals surface area contributed by atoms with Gasteiger partial charge in [0.2, 0.25) is 5.88 Å². The minimum absolute atomic E-state index is 0.345. The molecule has 3 rings (SSSR count). The number of rotatable bonds is 6. The lowest BCUT2D eigenvalue weighted by atomic mass is 10.3. The number of hydrogen-bond acceptors (Lipinski definition) is 5. The van der Waals surface area contributed by atoms with E-state index in [-0.39, 0.29) is 6.03 Å². The van der Waals surface area contributed by atoms with Gasteiger partial charge in [-0.3, -0.25) is 5.32 Å². The summed E-state index contributed by atoms with van der Waals surface area (Å²) in [6.07, 6.45) is 4.20. The third-order valence-electron chi connectivity index (χ3n) is 3.28. The number of carbonyl (C=O) groups excluding carboxylic acids is 1. The molecule has 7 nitrogen and oxygen atoms in total. The molecule has 0 unspecified atom stereocenters. The molecule has 0 radical (unpaired) electrons. The molecule has 1 fully saturated rings. The predicted octanol–water partition coefficient (Wildman–Crippen LogP) is 2.49. The zero-order chi connectivity index (χ0) is 15.4. The van der Waals surface area contributed by atoms with Gasteiger partial charge in [-0.15, -0.1) is 0 Å². The molecule has 1 aliphatic rings. The highest BCUT2D eigenvalue weighted by Gasteiger charge is 2.22. The predicted molar refractivity (Wildman–Crippen MR) is 79.6 cm³/mol. The molecule has 0 saturated heterocycles. The molecule has 1 saturated carbocycles. The van der Waals surface area contributed by atoms with Crippen molar-refractivity contribution in [1.82, 2.24) is 15.5 Å². The lowest BCUT2D eigenvalue weighted by molar-refractivity contribution is 0.251. The fourth-order valence-electron chi connectivity index (χ4n) is 1.86. The van der Waals surface area contributed by atoms with Crippen LogP contribution in [0.1, 0.15) is 24.2 Å². The van der Waals surface area contributed by atoms with Gasteiger partial charge in [0.15, 0.2) is 5.82 Å². The molecule has 116 valence electrons. The highest BCUT2D eigenvalue weighted by atomic mass is 16.5. The van der Waals surface area contributed by atoms with E-state index in [1.807, 2.05) is 12.1 Å². The van der Waals surface area contributed by atoms with E-state index < -0.39 is 0 Å². The Bertz CT molecular complexity index is 634. The van der Waals surface area contributed by atoms with Crippen molar-refractivity contribution >= 4 is 11.8 Å². The summed E-state index contributed by atoms with van der Waals surface area (Å²) in [4.78, 5) is 15.9. The van der Waals surface area contributed by atoms with Crippen molar-refractivity contribution < 1.29 is 14.1 Å². The van der Waals surface area contributed by atoms with Crippen molar-refractivity contribution in [2.24, 2.45) is 5.92 Å². The van der Waals surface area contributed by atoms with Crippen LogP contribution in [0.5, 0.6) is 5.88 Å². The summed E-state index contributed by atoms with van der Waals surface area (Å²) < 4.78 is 10.4. The van der Waals surface area contributed by atoms with Gasteiger partial charge in [0.1, 0.15) is 5.76 Å². The van der Waals surface area contributed by atoms with E-state index in [1.54, 1.807) is 19.2 Å². The van der Waals surface area contributed by atoms with Crippen molar-refractivity contribution in [3.05, 3.63) is 35.7 Å². The number of carbonyl (C=O) groups is 1. The number of aryl methyl sites for hydroxylation is 1. The second-order valence-corrected chi connectivity index (χ2v) is 5.39. The molecule has 0 atom stereocenters. The first kappa shape index (κ1) is 14.4. The SMILES string of the molecule is Cc1cc(NC(=O)NCc2ccc(OCC3CC3)nc2)no1. The van der Waals surface area contributed by atoms with Gasteiger partial charge in [0.05, 0.1) is 6.61 Å². The normalized spacial score (nSPS) is 13.7. The number of pyridine rings is 1. The molecular weight excluding hydrogens is 284 g/mol. The lowest BCUT2D eigenvalue weighted by Gasteiger charge is -2.07. The first-order valence-electron chi connectivity index (χ1n) is 7.25. The number of aromatic nitrogens is 2. The molecule has 0 aliphatic heterocycles. The number of urea groups is 1. The highest BCUT2D eigenvalue weighted by molar-refractivity contribution is 5.88. The van der Waals surface area contributed by atoms with Crippen LogP contribution in [-0.2, 0) is 6.54 Å². The lowest BCUT2D eigenvalue weighted by Crippen LogP contribution is -2.28. The maximum absolute atomic E-state index is 11.7. The number of nitrogens with zero attached hydrogens (tertiary/aromatic N) is 2. The Kier molecular flexibility index (Phi) is 4.22. The average Bonchev–Trinajstić information content (AvgIpc) is 3.26. The van der Waals surface area contributed by atoms with E-state index >= 15 is 0 Å². The average molecular weight is 302 g/mol. The van der Waals surface area contributed by atoms with E-state index in [0.717, 1.165) is 12.2 Å². The molecule has 2 amide bonds. The quantitative estimate of drug-likeness (QED) is 0.855. The minimum atomic E-state index is -0.345. The second-order valence-electron chi connectivity index (χ2n) is 5.39. The van der Waals surface area contributed by atoms with E-state index in [4.69, 9.17) is 9.26 Å². The maximum atomic E-state index is 11.7. The molecule has 22 heavy (non-hydrogen) atoms. The van der Waals surface area contributed by atoms with E-state index in [2.05, 4.69) is 20.8 Å². The first-order chi connectivity index (χ1) is 10.7. The van der Waals surface area contributed by atoms with Crippen LogP contribution in [0.15, 0.2) is 28.9 Å². The molecule has 0 aromatic carbocycles. The molecule has 1 aliphatic carbocycles. The summed E-state index contributed by atoms with van der Waals surface area (Å²) in [5, 5.41) is 8.99. The Hall–Kier alpha value is -2.57. The topological polar surface area (TPSA) is 89.3 Å². The number of anilines is 1. The Morgan fingerprint density at radius 3 is 2.95 bits per heavy atom. The Morgan fingerprint density at radius 2 is 2.32 bits per heavy atom. The van der Waals surface area contributed by atoms with Gasteiger partial charge in [-0.25, -0.2) is 9.78 Å². The van der Waals surface area contributed by atoms with Crippen LogP contribution in [0.2, 0.25) is 0 Å². The van der Waals surface area contributed by atoms with E-state index in [9.17, 15) is 4.79 Å². The molecule has 2 heterocycles.